The minimum Gasteiger partial charge on any atom is -0.337 e. The number of nitrogens with one attached hydrogen (secondary N) is 1. The van der Waals surface area contributed by atoms with E-state index in [1.54, 1.807) is 4.90 Å². The summed E-state index contributed by atoms with van der Waals surface area (Å²) in [6.45, 7) is 1.94. The van der Waals surface area contributed by atoms with Crippen LogP contribution >= 0.6 is 0 Å². The Bertz CT molecular complexity index is 638. The second-order valence-corrected chi connectivity index (χ2v) is 7.25. The lowest BCUT2D eigenvalue weighted by atomic mass is 10.1. The molecule has 0 aromatic carbocycles. The number of hydrogen-bond donors (Lipinski definition) is 2. The Morgan fingerprint density at radius 1 is 1.27 bits per heavy atom. The number of hydrogen-bond acceptors (Lipinski definition) is 4. The predicted octanol–water partition coefficient (Wildman–Crippen LogP) is -0.383. The molecule has 2 aliphatic rings. The van der Waals surface area contributed by atoms with Gasteiger partial charge in [0.1, 0.15) is 11.5 Å². The van der Waals surface area contributed by atoms with E-state index in [4.69, 9.17) is 5.14 Å². The number of amides is 1. The summed E-state index contributed by atoms with van der Waals surface area (Å²) in [6, 6.07) is -0.200. The lowest BCUT2D eigenvalue weighted by Crippen LogP contribution is -2.48. The molecule has 22 heavy (non-hydrogen) atoms. The first-order valence-corrected chi connectivity index (χ1v) is 9.12. The molecule has 2 aliphatic heterocycles. The van der Waals surface area contributed by atoms with E-state index in [1.165, 1.54) is 0 Å². The van der Waals surface area contributed by atoms with Crippen LogP contribution in [0.3, 0.4) is 0 Å². The number of rotatable bonds is 3. The van der Waals surface area contributed by atoms with Crippen molar-refractivity contribution in [1.29, 1.82) is 0 Å². The third-order valence-corrected chi connectivity index (χ3v) is 4.90. The Hall–Kier alpha value is -1.45. The number of likely N-dealkylation sites (tertiary alicyclic amines) is 1. The lowest BCUT2D eigenvalue weighted by Gasteiger charge is -2.31. The molecule has 0 radical (unpaired) electrons. The Balaban J connectivity index is 1.61. The smallest absolute Gasteiger partial charge is 0.274 e. The maximum absolute atomic E-state index is 12.5. The van der Waals surface area contributed by atoms with E-state index in [-0.39, 0.29) is 11.9 Å². The first-order valence-electron chi connectivity index (χ1n) is 7.58. The van der Waals surface area contributed by atoms with Crippen LogP contribution in [-0.2, 0) is 23.2 Å². The number of nitrogens with zero attached hydrogens (tertiary/aromatic N) is 3. The van der Waals surface area contributed by atoms with Gasteiger partial charge in [-0.05, 0) is 25.7 Å². The molecule has 0 bridgehead atoms. The summed E-state index contributed by atoms with van der Waals surface area (Å²) in [6.07, 6.45) is 6.14. The number of carbonyl (C=O) groups is 1. The maximum atomic E-state index is 12.5. The van der Waals surface area contributed by atoms with Gasteiger partial charge in [0.25, 0.3) is 16.1 Å². The van der Waals surface area contributed by atoms with Crippen LogP contribution in [0.5, 0.6) is 0 Å². The molecule has 1 fully saturated rings. The summed E-state index contributed by atoms with van der Waals surface area (Å²) in [5.74, 6) is 0.913. The SMILES string of the molecule is NS(=O)(=O)NC1CCN(C(=O)c2cn3c(n2)CCCC3)CC1. The van der Waals surface area contributed by atoms with Gasteiger partial charge in [-0.2, -0.15) is 13.1 Å². The summed E-state index contributed by atoms with van der Waals surface area (Å²) >= 11 is 0. The van der Waals surface area contributed by atoms with E-state index in [9.17, 15) is 13.2 Å². The van der Waals surface area contributed by atoms with Crippen molar-refractivity contribution in [2.24, 2.45) is 5.14 Å². The Morgan fingerprint density at radius 2 is 2.00 bits per heavy atom. The van der Waals surface area contributed by atoms with Gasteiger partial charge >= 0.3 is 0 Å². The van der Waals surface area contributed by atoms with Crippen LogP contribution in [0.2, 0.25) is 0 Å². The third kappa shape index (κ3) is 3.47. The van der Waals surface area contributed by atoms with Gasteiger partial charge in [0, 0.05) is 38.3 Å². The highest BCUT2D eigenvalue weighted by Crippen LogP contribution is 2.18. The van der Waals surface area contributed by atoms with Crippen molar-refractivity contribution in [2.45, 2.75) is 44.7 Å². The molecule has 0 aliphatic carbocycles. The normalized spacial score (nSPS) is 20.0. The van der Waals surface area contributed by atoms with Crippen molar-refractivity contribution in [3.05, 3.63) is 17.7 Å². The van der Waals surface area contributed by atoms with Gasteiger partial charge in [0.05, 0.1) is 0 Å². The van der Waals surface area contributed by atoms with Gasteiger partial charge in [-0.15, -0.1) is 0 Å². The molecule has 1 aromatic rings. The minimum absolute atomic E-state index is 0.0732. The summed E-state index contributed by atoms with van der Waals surface area (Å²) in [4.78, 5) is 18.7. The van der Waals surface area contributed by atoms with E-state index in [0.29, 0.717) is 31.6 Å². The lowest BCUT2D eigenvalue weighted by molar-refractivity contribution is 0.0705. The average Bonchev–Trinajstić information content (AvgIpc) is 2.89. The van der Waals surface area contributed by atoms with E-state index >= 15 is 0 Å². The quantitative estimate of drug-likeness (QED) is 0.788. The van der Waals surface area contributed by atoms with Crippen LogP contribution < -0.4 is 9.86 Å². The fourth-order valence-corrected chi connectivity index (χ4v) is 3.81. The van der Waals surface area contributed by atoms with Gasteiger partial charge in [-0.1, -0.05) is 0 Å². The van der Waals surface area contributed by atoms with Crippen LogP contribution in [0.4, 0.5) is 0 Å². The van der Waals surface area contributed by atoms with E-state index in [2.05, 4.69) is 14.3 Å². The van der Waals surface area contributed by atoms with Crippen molar-refractivity contribution >= 4 is 16.1 Å². The standard InChI is InChI=1S/C13H21N5O3S/c14-22(20,21)16-10-4-7-17(8-5-10)13(19)11-9-18-6-2-1-3-12(18)15-11/h9-10,16H,1-8H2,(H2,14,20,21). The fourth-order valence-electron chi connectivity index (χ4n) is 3.11. The van der Waals surface area contributed by atoms with Crippen LogP contribution in [0.15, 0.2) is 6.20 Å². The first kappa shape index (κ1) is 15.4. The van der Waals surface area contributed by atoms with E-state index in [0.717, 1.165) is 31.6 Å². The third-order valence-electron chi connectivity index (χ3n) is 4.24. The van der Waals surface area contributed by atoms with Crippen LogP contribution in [0, 0.1) is 0 Å². The van der Waals surface area contributed by atoms with Gasteiger partial charge in [0.15, 0.2) is 0 Å². The predicted molar refractivity (Wildman–Crippen MR) is 80.3 cm³/mol. The summed E-state index contributed by atoms with van der Waals surface area (Å²) in [5.41, 5.74) is 0.495. The minimum atomic E-state index is -3.68. The van der Waals surface area contributed by atoms with E-state index in [1.807, 2.05) is 6.20 Å². The monoisotopic (exact) mass is 327 g/mol. The molecule has 3 N–H and O–H groups in total. The van der Waals surface area contributed by atoms with Crippen molar-refractivity contribution in [3.8, 4) is 0 Å². The number of aromatic nitrogens is 2. The van der Waals surface area contributed by atoms with Crippen LogP contribution in [0.1, 0.15) is 42.0 Å². The van der Waals surface area contributed by atoms with Gasteiger partial charge in [-0.3, -0.25) is 4.79 Å². The van der Waals surface area contributed by atoms with Crippen LogP contribution in [0.25, 0.3) is 0 Å². The fraction of sp³-hybridized carbons (Fsp3) is 0.692. The molecular weight excluding hydrogens is 306 g/mol. The molecule has 0 atom stereocenters. The summed E-state index contributed by atoms with van der Waals surface area (Å²) in [5, 5.41) is 4.98. The molecule has 122 valence electrons. The van der Waals surface area contributed by atoms with E-state index < -0.39 is 10.2 Å². The zero-order valence-electron chi connectivity index (χ0n) is 12.4. The average molecular weight is 327 g/mol. The molecule has 9 heteroatoms. The number of imidazole rings is 1. The molecular formula is C13H21N5O3S. The first-order chi connectivity index (χ1) is 10.4. The molecule has 0 spiro atoms. The highest BCUT2D eigenvalue weighted by Gasteiger charge is 2.27. The van der Waals surface area contributed by atoms with Gasteiger partial charge < -0.3 is 9.47 Å². The maximum Gasteiger partial charge on any atom is 0.274 e. The van der Waals surface area contributed by atoms with Crippen molar-refractivity contribution < 1.29 is 13.2 Å². The number of fused-ring (bicyclic) bond motifs is 1. The van der Waals surface area contributed by atoms with Crippen LogP contribution in [-0.4, -0.2) is 47.9 Å². The number of carbonyl (C=O) groups excluding carboxylic acids is 1. The van der Waals surface area contributed by atoms with Crippen molar-refractivity contribution in [2.75, 3.05) is 13.1 Å². The zero-order valence-corrected chi connectivity index (χ0v) is 13.2. The molecule has 8 nitrogen and oxygen atoms in total. The summed E-state index contributed by atoms with van der Waals surface area (Å²) in [7, 11) is -3.68. The topological polar surface area (TPSA) is 110 Å². The van der Waals surface area contributed by atoms with Gasteiger partial charge in [0.2, 0.25) is 0 Å². The van der Waals surface area contributed by atoms with Crippen molar-refractivity contribution in [1.82, 2.24) is 19.2 Å². The molecule has 3 heterocycles. The molecule has 1 amide bonds. The largest absolute Gasteiger partial charge is 0.337 e. The Labute approximate surface area is 129 Å². The van der Waals surface area contributed by atoms with Crippen molar-refractivity contribution in [3.63, 3.8) is 0 Å². The highest BCUT2D eigenvalue weighted by molar-refractivity contribution is 7.87. The second kappa shape index (κ2) is 5.98. The molecule has 1 aromatic heterocycles. The van der Waals surface area contributed by atoms with Gasteiger partial charge in [-0.25, -0.2) is 10.1 Å². The molecule has 3 rings (SSSR count). The Kier molecular flexibility index (Phi) is 4.20. The number of aryl methyl sites for hydroxylation is 2. The zero-order chi connectivity index (χ0) is 15.7. The molecule has 1 saturated heterocycles. The Morgan fingerprint density at radius 3 is 2.64 bits per heavy atom. The second-order valence-electron chi connectivity index (χ2n) is 5.92. The number of nitrogens with two attached hydrogens (primary N) is 1. The number of piperidine rings is 1. The molecule has 0 unspecified atom stereocenters. The summed E-state index contributed by atoms with van der Waals surface area (Å²) < 4.78 is 26.5. The molecule has 0 saturated carbocycles. The highest BCUT2D eigenvalue weighted by atomic mass is 32.2.